The van der Waals surface area contributed by atoms with Gasteiger partial charge in [-0.05, 0) is 37.2 Å². The molecular weight excluding hydrogens is 194 g/mol. The molecule has 0 bridgehead atoms. The minimum Gasteiger partial charge on any atom is -0.389 e. The highest BCUT2D eigenvalue weighted by molar-refractivity contribution is 7.99. The van der Waals surface area contributed by atoms with E-state index in [4.69, 9.17) is 0 Å². The molecule has 1 aliphatic heterocycles. The Hall–Kier alpha value is 0.270. The standard InChI is InChI=1S/C11H21NOS/c13-11(5-7-14-8-6-11)9-12-10-3-1-2-4-10/h10,12-13H,1-9H2. The average molecular weight is 215 g/mol. The Kier molecular flexibility index (Phi) is 3.74. The van der Waals surface area contributed by atoms with Gasteiger partial charge in [0.2, 0.25) is 0 Å². The third kappa shape index (κ3) is 2.88. The van der Waals surface area contributed by atoms with Crippen molar-refractivity contribution in [1.82, 2.24) is 5.32 Å². The summed E-state index contributed by atoms with van der Waals surface area (Å²) in [7, 11) is 0. The molecule has 0 amide bonds. The van der Waals surface area contributed by atoms with Gasteiger partial charge in [0.1, 0.15) is 0 Å². The van der Waals surface area contributed by atoms with Crippen LogP contribution in [0.2, 0.25) is 0 Å². The molecule has 1 aliphatic carbocycles. The summed E-state index contributed by atoms with van der Waals surface area (Å²) in [6.07, 6.45) is 7.29. The third-order valence-electron chi connectivity index (χ3n) is 3.50. The van der Waals surface area contributed by atoms with Crippen molar-refractivity contribution in [2.45, 2.75) is 50.2 Å². The smallest absolute Gasteiger partial charge is 0.0787 e. The van der Waals surface area contributed by atoms with Gasteiger partial charge in [0, 0.05) is 12.6 Å². The summed E-state index contributed by atoms with van der Waals surface area (Å²) in [6, 6.07) is 0.689. The van der Waals surface area contributed by atoms with E-state index in [2.05, 4.69) is 5.32 Å². The van der Waals surface area contributed by atoms with Gasteiger partial charge >= 0.3 is 0 Å². The minimum absolute atomic E-state index is 0.395. The third-order valence-corrected chi connectivity index (χ3v) is 4.48. The Labute approximate surface area is 90.8 Å². The second-order valence-electron chi connectivity index (χ2n) is 4.70. The molecule has 1 heterocycles. The molecule has 0 spiro atoms. The molecule has 1 saturated heterocycles. The maximum absolute atomic E-state index is 10.3. The minimum atomic E-state index is -0.395. The van der Waals surface area contributed by atoms with Crippen molar-refractivity contribution in [1.29, 1.82) is 0 Å². The van der Waals surface area contributed by atoms with Crippen molar-refractivity contribution in [3.05, 3.63) is 0 Å². The fourth-order valence-electron chi connectivity index (χ4n) is 2.39. The van der Waals surface area contributed by atoms with Gasteiger partial charge in [-0.3, -0.25) is 0 Å². The molecule has 2 N–H and O–H groups in total. The van der Waals surface area contributed by atoms with Gasteiger partial charge < -0.3 is 10.4 Å². The Morgan fingerprint density at radius 1 is 1.21 bits per heavy atom. The monoisotopic (exact) mass is 215 g/mol. The molecule has 2 fully saturated rings. The molecule has 2 nitrogen and oxygen atoms in total. The largest absolute Gasteiger partial charge is 0.389 e. The van der Waals surface area contributed by atoms with Crippen molar-refractivity contribution in [3.8, 4) is 0 Å². The zero-order valence-corrected chi connectivity index (χ0v) is 9.61. The first-order valence-corrected chi connectivity index (χ1v) is 6.98. The number of thioether (sulfide) groups is 1. The molecule has 3 heteroatoms. The van der Waals surface area contributed by atoms with Crippen molar-refractivity contribution in [2.75, 3.05) is 18.1 Å². The molecule has 82 valence electrons. The van der Waals surface area contributed by atoms with Crippen molar-refractivity contribution < 1.29 is 5.11 Å². The second-order valence-corrected chi connectivity index (χ2v) is 5.92. The maximum Gasteiger partial charge on any atom is 0.0787 e. The Bertz CT molecular complexity index is 174. The molecule has 0 aromatic carbocycles. The van der Waals surface area contributed by atoms with Gasteiger partial charge in [-0.15, -0.1) is 0 Å². The van der Waals surface area contributed by atoms with E-state index in [0.29, 0.717) is 6.04 Å². The van der Waals surface area contributed by atoms with Crippen LogP contribution in [0.3, 0.4) is 0 Å². The summed E-state index contributed by atoms with van der Waals surface area (Å²) in [4.78, 5) is 0. The predicted molar refractivity (Wildman–Crippen MR) is 61.8 cm³/mol. The van der Waals surface area contributed by atoms with E-state index in [0.717, 1.165) is 30.9 Å². The fraction of sp³-hybridized carbons (Fsp3) is 1.00. The molecular formula is C11H21NOS. The molecule has 0 radical (unpaired) electrons. The van der Waals surface area contributed by atoms with E-state index in [1.807, 2.05) is 11.8 Å². The lowest BCUT2D eigenvalue weighted by Crippen LogP contribution is -2.46. The summed E-state index contributed by atoms with van der Waals surface area (Å²) < 4.78 is 0. The SMILES string of the molecule is OC1(CNC2CCCC2)CCSCC1. The maximum atomic E-state index is 10.3. The van der Waals surface area contributed by atoms with E-state index in [9.17, 15) is 5.11 Å². The first-order chi connectivity index (χ1) is 6.79. The van der Waals surface area contributed by atoms with E-state index in [1.165, 1.54) is 25.7 Å². The van der Waals surface area contributed by atoms with Crippen LogP contribution < -0.4 is 5.32 Å². The Morgan fingerprint density at radius 2 is 1.86 bits per heavy atom. The topological polar surface area (TPSA) is 32.3 Å². The molecule has 2 aliphatic rings. The van der Waals surface area contributed by atoms with Crippen molar-refractivity contribution in [2.24, 2.45) is 0 Å². The van der Waals surface area contributed by atoms with Gasteiger partial charge in [0.15, 0.2) is 0 Å². The summed E-state index contributed by atoms with van der Waals surface area (Å²) >= 11 is 1.97. The first kappa shape index (κ1) is 10.8. The zero-order valence-electron chi connectivity index (χ0n) is 8.80. The number of hydrogen-bond donors (Lipinski definition) is 2. The lowest BCUT2D eigenvalue weighted by atomic mass is 9.96. The van der Waals surface area contributed by atoms with E-state index in [1.54, 1.807) is 0 Å². The van der Waals surface area contributed by atoms with E-state index in [-0.39, 0.29) is 0 Å². The van der Waals surface area contributed by atoms with Gasteiger partial charge in [-0.1, -0.05) is 12.8 Å². The van der Waals surface area contributed by atoms with Gasteiger partial charge in [-0.25, -0.2) is 0 Å². The van der Waals surface area contributed by atoms with Gasteiger partial charge in [-0.2, -0.15) is 11.8 Å². The van der Waals surface area contributed by atoms with Crippen LogP contribution in [-0.4, -0.2) is 34.8 Å². The van der Waals surface area contributed by atoms with Crippen LogP contribution in [0.4, 0.5) is 0 Å². The van der Waals surface area contributed by atoms with Crippen LogP contribution in [0, 0.1) is 0 Å². The molecule has 14 heavy (non-hydrogen) atoms. The predicted octanol–water partition coefficient (Wildman–Crippen LogP) is 1.78. The fourth-order valence-corrected chi connectivity index (χ4v) is 3.65. The van der Waals surface area contributed by atoms with Crippen molar-refractivity contribution in [3.63, 3.8) is 0 Å². The summed E-state index contributed by atoms with van der Waals surface area (Å²) in [5.74, 6) is 2.26. The lowest BCUT2D eigenvalue weighted by molar-refractivity contribution is 0.0298. The van der Waals surface area contributed by atoms with Crippen LogP contribution in [0.5, 0.6) is 0 Å². The highest BCUT2D eigenvalue weighted by Gasteiger charge is 2.30. The van der Waals surface area contributed by atoms with Gasteiger partial charge in [0.05, 0.1) is 5.60 Å². The highest BCUT2D eigenvalue weighted by Crippen LogP contribution is 2.27. The molecule has 0 unspecified atom stereocenters. The molecule has 0 atom stereocenters. The zero-order chi connectivity index (χ0) is 9.86. The average Bonchev–Trinajstić information content (AvgIpc) is 2.69. The highest BCUT2D eigenvalue weighted by atomic mass is 32.2. The normalized spacial score (nSPS) is 28.1. The quantitative estimate of drug-likeness (QED) is 0.752. The number of hydrogen-bond acceptors (Lipinski definition) is 3. The second kappa shape index (κ2) is 4.86. The lowest BCUT2D eigenvalue weighted by Gasteiger charge is -2.33. The number of rotatable bonds is 3. The van der Waals surface area contributed by atoms with Crippen molar-refractivity contribution >= 4 is 11.8 Å². The molecule has 2 rings (SSSR count). The summed E-state index contributed by atoms with van der Waals surface area (Å²) in [6.45, 7) is 0.818. The number of nitrogens with one attached hydrogen (secondary N) is 1. The number of aliphatic hydroxyl groups is 1. The van der Waals surface area contributed by atoms with E-state index < -0.39 is 5.60 Å². The van der Waals surface area contributed by atoms with Crippen LogP contribution in [0.1, 0.15) is 38.5 Å². The summed E-state index contributed by atoms with van der Waals surface area (Å²) in [5, 5.41) is 13.8. The Balaban J connectivity index is 1.72. The van der Waals surface area contributed by atoms with Crippen LogP contribution in [0.15, 0.2) is 0 Å². The van der Waals surface area contributed by atoms with E-state index >= 15 is 0 Å². The first-order valence-electron chi connectivity index (χ1n) is 5.82. The van der Waals surface area contributed by atoms with Crippen LogP contribution in [-0.2, 0) is 0 Å². The molecule has 0 aromatic heterocycles. The molecule has 0 aromatic rings. The van der Waals surface area contributed by atoms with Gasteiger partial charge in [0.25, 0.3) is 0 Å². The van der Waals surface area contributed by atoms with Crippen LogP contribution >= 0.6 is 11.8 Å². The Morgan fingerprint density at radius 3 is 2.50 bits per heavy atom. The van der Waals surface area contributed by atoms with Crippen LogP contribution in [0.25, 0.3) is 0 Å². The molecule has 1 saturated carbocycles. The summed E-state index contributed by atoms with van der Waals surface area (Å²) in [5.41, 5.74) is -0.395.